The molecule has 1 N–H and O–H groups in total. The van der Waals surface area contributed by atoms with Crippen LogP contribution in [0.3, 0.4) is 0 Å². The number of anilines is 2. The highest BCUT2D eigenvalue weighted by Gasteiger charge is 2.39. The summed E-state index contributed by atoms with van der Waals surface area (Å²) in [5.41, 5.74) is 6.43. The number of rotatable bonds is 4. The van der Waals surface area contributed by atoms with Gasteiger partial charge in [0.25, 0.3) is 5.91 Å². The number of carbonyl (C=O) groups is 1. The smallest absolute Gasteiger partial charge is 0.293 e. The van der Waals surface area contributed by atoms with Gasteiger partial charge in [-0.15, -0.1) is 5.10 Å². The Morgan fingerprint density at radius 1 is 1.00 bits per heavy atom. The summed E-state index contributed by atoms with van der Waals surface area (Å²) in [5, 5.41) is 8.28. The van der Waals surface area contributed by atoms with Crippen molar-refractivity contribution in [2.75, 3.05) is 29.9 Å². The van der Waals surface area contributed by atoms with Crippen LogP contribution in [0.15, 0.2) is 54.7 Å². The second kappa shape index (κ2) is 9.27. The number of aryl methyl sites for hydroxylation is 1. The van der Waals surface area contributed by atoms with Gasteiger partial charge in [0.2, 0.25) is 5.82 Å². The van der Waals surface area contributed by atoms with Crippen LogP contribution in [-0.2, 0) is 0 Å². The van der Waals surface area contributed by atoms with Gasteiger partial charge >= 0.3 is 0 Å². The Morgan fingerprint density at radius 2 is 1.68 bits per heavy atom. The van der Waals surface area contributed by atoms with Gasteiger partial charge in [0, 0.05) is 49.5 Å². The number of amides is 1. The van der Waals surface area contributed by atoms with Gasteiger partial charge in [-0.1, -0.05) is 24.3 Å². The third-order valence-corrected chi connectivity index (χ3v) is 8.07. The molecule has 38 heavy (non-hydrogen) atoms. The van der Waals surface area contributed by atoms with E-state index in [9.17, 15) is 4.79 Å². The number of likely N-dealkylation sites (N-methyl/N-ethyl adjacent to an activating group) is 1. The minimum Gasteiger partial charge on any atom is -0.359 e. The van der Waals surface area contributed by atoms with Crippen molar-refractivity contribution in [2.24, 2.45) is 0 Å². The molecule has 1 unspecified atom stereocenters. The SMILES string of the molecule is C=C1C(C)N(C2CC2)c2cc(-c3nc(C(=O)N4C[C@@H](C)N[C@@H](C)C4)nn3-c3ccc(C)cc3)ccc2N1C. The molecule has 3 aliphatic rings. The molecule has 1 saturated heterocycles. The topological polar surface area (TPSA) is 69.5 Å². The van der Waals surface area contributed by atoms with Crippen molar-refractivity contribution in [1.82, 2.24) is 25.0 Å². The van der Waals surface area contributed by atoms with Crippen LogP contribution in [0.2, 0.25) is 0 Å². The summed E-state index contributed by atoms with van der Waals surface area (Å²) in [4.78, 5) is 25.1. The molecule has 8 heteroatoms. The Labute approximate surface area is 224 Å². The van der Waals surface area contributed by atoms with Crippen molar-refractivity contribution in [2.45, 2.75) is 64.7 Å². The predicted molar refractivity (Wildman–Crippen MR) is 152 cm³/mol. The van der Waals surface area contributed by atoms with Crippen LogP contribution in [0.25, 0.3) is 17.1 Å². The summed E-state index contributed by atoms with van der Waals surface area (Å²) in [7, 11) is 2.09. The molecule has 2 aromatic carbocycles. The lowest BCUT2D eigenvalue weighted by Gasteiger charge is -2.44. The van der Waals surface area contributed by atoms with Crippen LogP contribution < -0.4 is 15.1 Å². The average molecular weight is 512 g/mol. The first-order chi connectivity index (χ1) is 18.2. The predicted octanol–water partition coefficient (Wildman–Crippen LogP) is 4.39. The van der Waals surface area contributed by atoms with Crippen LogP contribution in [0, 0.1) is 6.92 Å². The maximum Gasteiger partial charge on any atom is 0.293 e. The van der Waals surface area contributed by atoms with E-state index in [1.165, 1.54) is 24.1 Å². The number of hydrogen-bond donors (Lipinski definition) is 1. The molecule has 2 aliphatic heterocycles. The molecular formula is C30H37N7O. The van der Waals surface area contributed by atoms with Gasteiger partial charge in [-0.3, -0.25) is 4.79 Å². The second-order valence-electron chi connectivity index (χ2n) is 11.3. The summed E-state index contributed by atoms with van der Waals surface area (Å²) >= 11 is 0. The zero-order chi connectivity index (χ0) is 26.7. The van der Waals surface area contributed by atoms with Gasteiger partial charge in [-0.05, 0) is 70.9 Å². The third-order valence-electron chi connectivity index (χ3n) is 8.07. The number of nitrogens with one attached hydrogen (secondary N) is 1. The zero-order valence-electron chi connectivity index (χ0n) is 23.0. The first-order valence-electron chi connectivity index (χ1n) is 13.7. The molecule has 1 amide bonds. The fraction of sp³-hybridized carbons (Fsp3) is 0.433. The molecule has 3 atom stereocenters. The van der Waals surface area contributed by atoms with Crippen LogP contribution in [0.1, 0.15) is 49.8 Å². The molecule has 8 nitrogen and oxygen atoms in total. The van der Waals surface area contributed by atoms with E-state index in [0.29, 0.717) is 25.0 Å². The van der Waals surface area contributed by atoms with Gasteiger partial charge in [-0.2, -0.15) is 0 Å². The molecule has 1 aliphatic carbocycles. The Kier molecular flexibility index (Phi) is 6.02. The van der Waals surface area contributed by atoms with Gasteiger partial charge in [0.1, 0.15) is 0 Å². The maximum atomic E-state index is 13.6. The largest absolute Gasteiger partial charge is 0.359 e. The van der Waals surface area contributed by atoms with E-state index < -0.39 is 0 Å². The molecule has 0 spiro atoms. The second-order valence-corrected chi connectivity index (χ2v) is 11.3. The molecule has 0 bridgehead atoms. The van der Waals surface area contributed by atoms with Gasteiger partial charge in [-0.25, -0.2) is 9.67 Å². The van der Waals surface area contributed by atoms with Gasteiger partial charge < -0.3 is 20.0 Å². The number of carbonyl (C=O) groups excluding carboxylic acids is 1. The number of nitrogens with zero attached hydrogens (tertiary/aromatic N) is 6. The van der Waals surface area contributed by atoms with E-state index >= 15 is 0 Å². The minimum absolute atomic E-state index is 0.125. The Balaban J connectivity index is 1.45. The number of benzene rings is 2. The number of aromatic nitrogens is 3. The van der Waals surface area contributed by atoms with Crippen molar-refractivity contribution < 1.29 is 4.79 Å². The van der Waals surface area contributed by atoms with E-state index in [1.807, 2.05) is 21.7 Å². The van der Waals surface area contributed by atoms with E-state index in [1.54, 1.807) is 0 Å². The van der Waals surface area contributed by atoms with Crippen LogP contribution >= 0.6 is 0 Å². The highest BCUT2D eigenvalue weighted by atomic mass is 16.2. The minimum atomic E-state index is -0.125. The van der Waals surface area contributed by atoms with Crippen molar-refractivity contribution in [3.8, 4) is 17.1 Å². The van der Waals surface area contributed by atoms with Crippen LogP contribution in [0.4, 0.5) is 11.4 Å². The van der Waals surface area contributed by atoms with E-state index in [0.717, 1.165) is 22.6 Å². The Morgan fingerprint density at radius 3 is 2.34 bits per heavy atom. The zero-order valence-corrected chi connectivity index (χ0v) is 23.0. The number of piperazine rings is 1. The van der Waals surface area contributed by atoms with Crippen molar-refractivity contribution in [3.63, 3.8) is 0 Å². The molecule has 0 radical (unpaired) electrons. The average Bonchev–Trinajstić information content (AvgIpc) is 3.63. The molecule has 6 rings (SSSR count). The molecule has 1 saturated carbocycles. The summed E-state index contributed by atoms with van der Waals surface area (Å²) in [6.45, 7) is 14.1. The van der Waals surface area contributed by atoms with Gasteiger partial charge in [0.05, 0.1) is 23.1 Å². The number of fused-ring (bicyclic) bond motifs is 1. The van der Waals surface area contributed by atoms with E-state index in [-0.39, 0.29) is 29.9 Å². The van der Waals surface area contributed by atoms with E-state index in [2.05, 4.69) is 86.8 Å². The molecule has 3 aromatic rings. The van der Waals surface area contributed by atoms with Crippen molar-refractivity contribution in [3.05, 3.63) is 66.1 Å². The molecule has 2 fully saturated rings. The van der Waals surface area contributed by atoms with Crippen LogP contribution in [0.5, 0.6) is 0 Å². The summed E-state index contributed by atoms with van der Waals surface area (Å²) in [6.07, 6.45) is 2.40. The summed E-state index contributed by atoms with van der Waals surface area (Å²) in [6, 6.07) is 15.8. The molecule has 198 valence electrons. The fourth-order valence-electron chi connectivity index (χ4n) is 5.91. The number of hydrogen-bond acceptors (Lipinski definition) is 6. The Bertz CT molecular complexity index is 1380. The monoisotopic (exact) mass is 511 g/mol. The standard InChI is InChI=1S/C30H37N7O/c1-18-7-10-25(11-8-18)37-29(32-28(33-37)30(38)35-16-19(2)31-20(3)17-35)23-9-14-26-27(15-23)36(24-12-13-24)22(5)21(4)34(26)6/h7-11,14-15,19-20,22,24,31H,4,12-13,16-17H2,1-3,5-6H3/t19-,20+,22?. The summed E-state index contributed by atoms with van der Waals surface area (Å²) < 4.78 is 1.82. The van der Waals surface area contributed by atoms with Crippen molar-refractivity contribution in [1.29, 1.82) is 0 Å². The molecule has 1 aromatic heterocycles. The van der Waals surface area contributed by atoms with E-state index in [4.69, 9.17) is 10.1 Å². The lowest BCUT2D eigenvalue weighted by atomic mass is 10.0. The normalized spacial score (nSPS) is 23.6. The first kappa shape index (κ1) is 24.7. The molecular weight excluding hydrogens is 474 g/mol. The van der Waals surface area contributed by atoms with Crippen LogP contribution in [-0.4, -0.2) is 69.9 Å². The maximum absolute atomic E-state index is 13.6. The Hall–Kier alpha value is -3.65. The molecule has 3 heterocycles. The highest BCUT2D eigenvalue weighted by molar-refractivity contribution is 5.91. The van der Waals surface area contributed by atoms with Crippen molar-refractivity contribution >= 4 is 17.3 Å². The quantitative estimate of drug-likeness (QED) is 0.561. The summed E-state index contributed by atoms with van der Waals surface area (Å²) in [5.74, 6) is 0.781. The first-order valence-corrected chi connectivity index (χ1v) is 13.7. The third kappa shape index (κ3) is 4.26. The van der Waals surface area contributed by atoms with Gasteiger partial charge in [0.15, 0.2) is 5.82 Å². The highest BCUT2D eigenvalue weighted by Crippen LogP contribution is 2.46. The fourth-order valence-corrected chi connectivity index (χ4v) is 5.91. The lowest BCUT2D eigenvalue weighted by molar-refractivity contribution is 0.0661. The lowest BCUT2D eigenvalue weighted by Crippen LogP contribution is -2.56.